The SMILES string of the molecule is Cc1cc(C)c2c(-n3cccc3)c(/C=C/C#N)sc2n1. The molecule has 0 N–H and O–H groups in total. The van der Waals surface area contributed by atoms with E-state index in [9.17, 15) is 0 Å². The van der Waals surface area contributed by atoms with Crippen LogP contribution in [-0.2, 0) is 0 Å². The molecule has 0 radical (unpaired) electrons. The maximum Gasteiger partial charge on any atom is 0.126 e. The summed E-state index contributed by atoms with van der Waals surface area (Å²) in [6.07, 6.45) is 7.41. The lowest BCUT2D eigenvalue weighted by molar-refractivity contribution is 1.09. The average molecular weight is 279 g/mol. The molecule has 0 aliphatic heterocycles. The lowest BCUT2D eigenvalue weighted by Gasteiger charge is -2.05. The Bertz CT molecular complexity index is 833. The van der Waals surface area contributed by atoms with Crippen LogP contribution in [0.25, 0.3) is 22.0 Å². The van der Waals surface area contributed by atoms with Crippen LogP contribution in [0.5, 0.6) is 0 Å². The summed E-state index contributed by atoms with van der Waals surface area (Å²) in [5.41, 5.74) is 3.33. The Hall–Kier alpha value is -2.38. The van der Waals surface area contributed by atoms with Gasteiger partial charge in [-0.05, 0) is 43.7 Å². The van der Waals surface area contributed by atoms with Crippen LogP contribution < -0.4 is 0 Å². The van der Waals surface area contributed by atoms with E-state index in [0.717, 1.165) is 26.5 Å². The van der Waals surface area contributed by atoms with Crippen LogP contribution >= 0.6 is 11.3 Å². The minimum absolute atomic E-state index is 1.02. The molecular weight excluding hydrogens is 266 g/mol. The Balaban J connectivity index is 2.39. The number of thiophene rings is 1. The Morgan fingerprint density at radius 1 is 1.30 bits per heavy atom. The maximum absolute atomic E-state index is 8.77. The van der Waals surface area contributed by atoms with Crippen molar-refractivity contribution in [1.82, 2.24) is 9.55 Å². The summed E-state index contributed by atoms with van der Waals surface area (Å²) in [6, 6.07) is 8.15. The topological polar surface area (TPSA) is 41.6 Å². The molecule has 3 heterocycles. The molecule has 0 aromatic carbocycles. The number of pyridine rings is 1. The summed E-state index contributed by atoms with van der Waals surface area (Å²) in [4.78, 5) is 6.70. The van der Waals surface area contributed by atoms with Crippen LogP contribution in [0.4, 0.5) is 0 Å². The highest BCUT2D eigenvalue weighted by atomic mass is 32.1. The number of rotatable bonds is 2. The van der Waals surface area contributed by atoms with Crippen molar-refractivity contribution in [2.75, 3.05) is 0 Å². The first-order chi connectivity index (χ1) is 9.70. The number of hydrogen-bond acceptors (Lipinski definition) is 3. The van der Waals surface area contributed by atoms with Gasteiger partial charge in [0.1, 0.15) is 4.83 Å². The molecule has 0 saturated heterocycles. The summed E-state index contributed by atoms with van der Waals surface area (Å²) in [6.45, 7) is 4.11. The Morgan fingerprint density at radius 2 is 2.05 bits per heavy atom. The van der Waals surface area contributed by atoms with Crippen LogP contribution in [0, 0.1) is 25.2 Å². The fourth-order valence-corrected chi connectivity index (χ4v) is 3.60. The molecule has 3 rings (SSSR count). The average Bonchev–Trinajstić information content (AvgIpc) is 3.02. The van der Waals surface area contributed by atoms with Crippen LogP contribution in [0.3, 0.4) is 0 Å². The molecule has 0 unspecified atom stereocenters. The Morgan fingerprint density at radius 3 is 2.75 bits per heavy atom. The highest BCUT2D eigenvalue weighted by molar-refractivity contribution is 7.20. The van der Waals surface area contributed by atoms with Gasteiger partial charge in [-0.2, -0.15) is 5.26 Å². The zero-order valence-corrected chi connectivity index (χ0v) is 12.1. The monoisotopic (exact) mass is 279 g/mol. The first kappa shape index (κ1) is 12.6. The molecule has 0 fully saturated rings. The van der Waals surface area contributed by atoms with Gasteiger partial charge in [0, 0.05) is 29.5 Å². The quantitative estimate of drug-likeness (QED) is 0.658. The van der Waals surface area contributed by atoms with Gasteiger partial charge in [-0.25, -0.2) is 4.98 Å². The lowest BCUT2D eigenvalue weighted by Crippen LogP contribution is -1.92. The van der Waals surface area contributed by atoms with E-state index in [0.29, 0.717) is 0 Å². The predicted molar refractivity (Wildman–Crippen MR) is 83.1 cm³/mol. The van der Waals surface area contributed by atoms with E-state index < -0.39 is 0 Å². The van der Waals surface area contributed by atoms with Gasteiger partial charge in [0.05, 0.1) is 16.6 Å². The number of nitrogens with zero attached hydrogens (tertiary/aromatic N) is 3. The third-order valence-electron chi connectivity index (χ3n) is 3.16. The highest BCUT2D eigenvalue weighted by Gasteiger charge is 2.15. The van der Waals surface area contributed by atoms with Gasteiger partial charge in [0.2, 0.25) is 0 Å². The number of hydrogen-bond donors (Lipinski definition) is 0. The number of aryl methyl sites for hydroxylation is 2. The van der Waals surface area contributed by atoms with Crippen molar-refractivity contribution in [2.45, 2.75) is 13.8 Å². The largest absolute Gasteiger partial charge is 0.322 e. The molecule has 0 saturated carbocycles. The zero-order valence-electron chi connectivity index (χ0n) is 11.3. The van der Waals surface area contributed by atoms with Gasteiger partial charge in [-0.1, -0.05) is 0 Å². The minimum Gasteiger partial charge on any atom is -0.322 e. The Labute approximate surface area is 121 Å². The van der Waals surface area contributed by atoms with Gasteiger partial charge >= 0.3 is 0 Å². The van der Waals surface area contributed by atoms with Crippen molar-refractivity contribution >= 4 is 27.6 Å². The third-order valence-corrected chi connectivity index (χ3v) is 4.20. The van der Waals surface area contributed by atoms with Crippen LogP contribution in [0.15, 0.2) is 36.7 Å². The fourth-order valence-electron chi connectivity index (χ4n) is 2.41. The van der Waals surface area contributed by atoms with Crippen LogP contribution in [-0.4, -0.2) is 9.55 Å². The molecule has 0 aliphatic carbocycles. The smallest absolute Gasteiger partial charge is 0.126 e. The van der Waals surface area contributed by atoms with Crippen molar-refractivity contribution < 1.29 is 0 Å². The molecule has 0 aliphatic rings. The number of allylic oxidation sites excluding steroid dienone is 1. The van der Waals surface area contributed by atoms with E-state index in [1.807, 2.05) is 37.5 Å². The molecule has 0 atom stereocenters. The lowest BCUT2D eigenvalue weighted by atomic mass is 10.1. The molecular formula is C16H13N3S. The molecule has 3 nitrogen and oxygen atoms in total. The third kappa shape index (κ3) is 2.02. The van der Waals surface area contributed by atoms with Gasteiger partial charge in [-0.3, -0.25) is 0 Å². The van der Waals surface area contributed by atoms with E-state index in [-0.39, 0.29) is 0 Å². The minimum atomic E-state index is 1.02. The Kier molecular flexibility index (Phi) is 3.13. The summed E-state index contributed by atoms with van der Waals surface area (Å²) in [5, 5.41) is 9.93. The molecule has 3 aromatic heterocycles. The molecule has 0 amide bonds. The van der Waals surface area contributed by atoms with Crippen molar-refractivity contribution in [1.29, 1.82) is 5.26 Å². The van der Waals surface area contributed by atoms with Gasteiger partial charge < -0.3 is 4.57 Å². The second kappa shape index (κ2) is 4.95. The number of fused-ring (bicyclic) bond motifs is 1. The zero-order chi connectivity index (χ0) is 14.1. The van der Waals surface area contributed by atoms with Crippen molar-refractivity contribution in [3.63, 3.8) is 0 Å². The van der Waals surface area contributed by atoms with Crippen molar-refractivity contribution in [3.8, 4) is 11.8 Å². The standard InChI is InChI=1S/C16H13N3S/c1-11-10-12(2)18-16-14(11)15(19-8-3-4-9-19)13(20-16)6-5-7-17/h3-6,8-10H,1-2H3/b6-5+. The van der Waals surface area contributed by atoms with Crippen LogP contribution in [0.1, 0.15) is 16.1 Å². The fraction of sp³-hybridized carbons (Fsp3) is 0.125. The number of nitriles is 1. The van der Waals surface area contributed by atoms with Crippen molar-refractivity contribution in [2.24, 2.45) is 0 Å². The van der Waals surface area contributed by atoms with Crippen LogP contribution in [0.2, 0.25) is 0 Å². The van der Waals surface area contributed by atoms with E-state index in [4.69, 9.17) is 5.26 Å². The van der Waals surface area contributed by atoms with E-state index in [1.54, 1.807) is 11.3 Å². The summed E-state index contributed by atoms with van der Waals surface area (Å²) in [7, 11) is 0. The van der Waals surface area contributed by atoms with E-state index in [1.165, 1.54) is 11.6 Å². The molecule has 98 valence electrons. The van der Waals surface area contributed by atoms with Gasteiger partial charge in [0.15, 0.2) is 0 Å². The highest BCUT2D eigenvalue weighted by Crippen LogP contribution is 2.36. The van der Waals surface area contributed by atoms with E-state index >= 15 is 0 Å². The van der Waals surface area contributed by atoms with Gasteiger partial charge in [0.25, 0.3) is 0 Å². The predicted octanol–water partition coefficient (Wildman–Crippen LogP) is 4.24. The molecule has 4 heteroatoms. The van der Waals surface area contributed by atoms with Crippen molar-refractivity contribution in [3.05, 3.63) is 52.8 Å². The molecule has 0 bridgehead atoms. The summed E-state index contributed by atoms with van der Waals surface area (Å²) in [5.74, 6) is 0. The van der Waals surface area contributed by atoms with Gasteiger partial charge in [-0.15, -0.1) is 11.3 Å². The molecule has 20 heavy (non-hydrogen) atoms. The number of aromatic nitrogens is 2. The first-order valence-electron chi connectivity index (χ1n) is 6.31. The molecule has 3 aromatic rings. The first-order valence-corrected chi connectivity index (χ1v) is 7.12. The molecule has 0 spiro atoms. The second-order valence-electron chi connectivity index (χ2n) is 4.63. The second-order valence-corrected chi connectivity index (χ2v) is 5.66. The summed E-state index contributed by atoms with van der Waals surface area (Å²) < 4.78 is 2.08. The summed E-state index contributed by atoms with van der Waals surface area (Å²) >= 11 is 1.62. The van der Waals surface area contributed by atoms with E-state index in [2.05, 4.69) is 28.6 Å². The maximum atomic E-state index is 8.77. The normalized spacial score (nSPS) is 11.2.